The Labute approximate surface area is 184 Å². The summed E-state index contributed by atoms with van der Waals surface area (Å²) in [7, 11) is 0. The van der Waals surface area contributed by atoms with Gasteiger partial charge in [0.2, 0.25) is 0 Å². The molecule has 5 nitrogen and oxygen atoms in total. The Morgan fingerprint density at radius 3 is 2.45 bits per heavy atom. The second kappa shape index (κ2) is 9.94. The zero-order chi connectivity index (χ0) is 21.6. The average Bonchev–Trinajstić information content (AvgIpc) is 3.15. The van der Waals surface area contributed by atoms with Crippen molar-refractivity contribution in [3.05, 3.63) is 77.5 Å². The molecule has 3 aromatic rings. The van der Waals surface area contributed by atoms with Gasteiger partial charge in [0.1, 0.15) is 13.1 Å². The number of hydrogen-bond donors (Lipinski definition) is 2. The highest BCUT2D eigenvalue weighted by Gasteiger charge is 2.20. The third-order valence-corrected chi connectivity index (χ3v) is 6.05. The molecule has 1 saturated heterocycles. The van der Waals surface area contributed by atoms with Gasteiger partial charge < -0.3 is 19.5 Å². The van der Waals surface area contributed by atoms with E-state index < -0.39 is 0 Å². The van der Waals surface area contributed by atoms with Gasteiger partial charge in [0.25, 0.3) is 5.91 Å². The summed E-state index contributed by atoms with van der Waals surface area (Å²) in [5.41, 5.74) is 6.11. The van der Waals surface area contributed by atoms with Gasteiger partial charge in [0.15, 0.2) is 0 Å². The zero-order valence-corrected chi connectivity index (χ0v) is 18.5. The number of carbonyl (C=O) groups excluding carboxylic acids is 1. The fraction of sp³-hybridized carbons (Fsp3) is 0.346. The van der Waals surface area contributed by atoms with Crippen molar-refractivity contribution in [1.82, 2.24) is 9.88 Å². The van der Waals surface area contributed by atoms with Crippen LogP contribution < -0.4 is 10.2 Å². The number of aryl methyl sites for hydroxylation is 1. The van der Waals surface area contributed by atoms with Crippen LogP contribution >= 0.6 is 0 Å². The lowest BCUT2D eigenvalue weighted by Crippen LogP contribution is -3.14. The Bertz CT molecular complexity index is 1000. The number of rotatable bonds is 7. The van der Waals surface area contributed by atoms with E-state index in [9.17, 15) is 4.79 Å². The minimum Gasteiger partial charge on any atom is -0.370 e. The van der Waals surface area contributed by atoms with Crippen LogP contribution in [-0.4, -0.2) is 49.9 Å². The first-order valence-corrected chi connectivity index (χ1v) is 11.2. The molecule has 1 fully saturated rings. The van der Waals surface area contributed by atoms with E-state index >= 15 is 0 Å². The monoisotopic (exact) mass is 418 g/mol. The van der Waals surface area contributed by atoms with E-state index in [-0.39, 0.29) is 5.91 Å². The number of amides is 1. The summed E-state index contributed by atoms with van der Waals surface area (Å²) in [5, 5.41) is 3.14. The van der Waals surface area contributed by atoms with E-state index in [1.54, 1.807) is 4.90 Å². The van der Waals surface area contributed by atoms with E-state index in [1.807, 2.05) is 31.2 Å². The molecule has 0 radical (unpaired) electrons. The molecule has 4 rings (SSSR count). The summed E-state index contributed by atoms with van der Waals surface area (Å²) >= 11 is 0. The van der Waals surface area contributed by atoms with Crippen LogP contribution in [0.2, 0.25) is 0 Å². The van der Waals surface area contributed by atoms with Crippen LogP contribution in [0, 0.1) is 13.8 Å². The van der Waals surface area contributed by atoms with Crippen LogP contribution in [0.1, 0.15) is 28.0 Å². The first-order valence-electron chi connectivity index (χ1n) is 11.2. The Kier molecular flexibility index (Phi) is 6.85. The summed E-state index contributed by atoms with van der Waals surface area (Å²) in [6.45, 7) is 9.69. The van der Waals surface area contributed by atoms with Crippen LogP contribution in [0.25, 0.3) is 16.9 Å². The van der Waals surface area contributed by atoms with E-state index in [1.165, 1.54) is 5.56 Å². The van der Waals surface area contributed by atoms with Crippen LogP contribution in [0.15, 0.2) is 60.7 Å². The molecule has 2 N–H and O–H groups in total. The minimum atomic E-state index is -0.00230. The molecule has 1 aromatic heterocycles. The maximum atomic E-state index is 13.0. The van der Waals surface area contributed by atoms with E-state index in [4.69, 9.17) is 4.74 Å². The third-order valence-electron chi connectivity index (χ3n) is 6.05. The van der Waals surface area contributed by atoms with E-state index in [2.05, 4.69) is 53.2 Å². The number of hydrogen-bond acceptors (Lipinski definition) is 2. The molecule has 1 amide bonds. The molecule has 1 aliphatic heterocycles. The molecule has 2 heterocycles. The maximum absolute atomic E-state index is 13.0. The quantitative estimate of drug-likeness (QED) is 0.580. The molecule has 162 valence electrons. The Balaban J connectivity index is 1.53. The molecular weight excluding hydrogens is 386 g/mol. The van der Waals surface area contributed by atoms with Crippen LogP contribution in [0.3, 0.4) is 0 Å². The Morgan fingerprint density at radius 2 is 1.74 bits per heavy atom. The zero-order valence-electron chi connectivity index (χ0n) is 18.5. The fourth-order valence-electron chi connectivity index (χ4n) is 4.23. The summed E-state index contributed by atoms with van der Waals surface area (Å²) in [6, 6.07) is 20.7. The third kappa shape index (κ3) is 5.06. The van der Waals surface area contributed by atoms with Crippen LogP contribution in [0.5, 0.6) is 0 Å². The second-order valence-electron chi connectivity index (χ2n) is 8.29. The molecule has 0 saturated carbocycles. The lowest BCUT2D eigenvalue weighted by molar-refractivity contribution is -0.908. The van der Waals surface area contributed by atoms with Crippen molar-refractivity contribution in [3.8, 4) is 16.9 Å². The minimum absolute atomic E-state index is 0.00230. The average molecular weight is 419 g/mol. The van der Waals surface area contributed by atoms with Crippen LogP contribution in [-0.2, 0) is 4.74 Å². The molecule has 1 aliphatic rings. The van der Waals surface area contributed by atoms with Gasteiger partial charge in [-0.25, -0.2) is 0 Å². The predicted molar refractivity (Wildman–Crippen MR) is 124 cm³/mol. The van der Waals surface area contributed by atoms with Gasteiger partial charge in [-0.05, 0) is 37.6 Å². The highest BCUT2D eigenvalue weighted by atomic mass is 16.5. The van der Waals surface area contributed by atoms with Crippen molar-refractivity contribution in [3.63, 3.8) is 0 Å². The van der Waals surface area contributed by atoms with Crippen molar-refractivity contribution in [2.24, 2.45) is 0 Å². The number of quaternary nitrogens is 1. The van der Waals surface area contributed by atoms with Crippen molar-refractivity contribution in [2.45, 2.75) is 20.3 Å². The van der Waals surface area contributed by atoms with Crippen molar-refractivity contribution in [1.29, 1.82) is 0 Å². The van der Waals surface area contributed by atoms with Gasteiger partial charge in [-0.15, -0.1) is 0 Å². The van der Waals surface area contributed by atoms with Gasteiger partial charge >= 0.3 is 0 Å². The number of morpholine rings is 1. The SMILES string of the molecule is Cc1ccc(-n2c(-c3ccccc3)cc(C(=O)NCCC[NH+]3CCOCC3)c2C)cc1. The maximum Gasteiger partial charge on any atom is 0.253 e. The molecule has 5 heteroatoms. The Morgan fingerprint density at radius 1 is 1.03 bits per heavy atom. The lowest BCUT2D eigenvalue weighted by atomic mass is 10.1. The normalized spacial score (nSPS) is 14.5. The molecular formula is C26H32N3O2+. The largest absolute Gasteiger partial charge is 0.370 e. The first-order chi connectivity index (χ1) is 15.1. The highest BCUT2D eigenvalue weighted by Crippen LogP contribution is 2.29. The molecule has 0 bridgehead atoms. The molecule has 0 atom stereocenters. The summed E-state index contributed by atoms with van der Waals surface area (Å²) in [4.78, 5) is 14.6. The first kappa shape index (κ1) is 21.3. The van der Waals surface area contributed by atoms with Crippen molar-refractivity contribution < 1.29 is 14.4 Å². The second-order valence-corrected chi connectivity index (χ2v) is 8.29. The van der Waals surface area contributed by atoms with Gasteiger partial charge in [-0.2, -0.15) is 0 Å². The topological polar surface area (TPSA) is 47.7 Å². The fourth-order valence-corrected chi connectivity index (χ4v) is 4.23. The number of aromatic nitrogens is 1. The number of benzene rings is 2. The number of nitrogens with one attached hydrogen (secondary N) is 2. The van der Waals surface area contributed by atoms with Crippen molar-refractivity contribution >= 4 is 5.91 Å². The summed E-state index contributed by atoms with van der Waals surface area (Å²) < 4.78 is 7.60. The smallest absolute Gasteiger partial charge is 0.253 e. The van der Waals surface area contributed by atoms with Gasteiger partial charge in [-0.1, -0.05) is 48.0 Å². The Hall–Kier alpha value is -2.89. The highest BCUT2D eigenvalue weighted by molar-refractivity contribution is 5.97. The van der Waals surface area contributed by atoms with E-state index in [0.29, 0.717) is 6.54 Å². The van der Waals surface area contributed by atoms with Gasteiger partial charge in [0, 0.05) is 24.3 Å². The van der Waals surface area contributed by atoms with Crippen LogP contribution in [0.4, 0.5) is 0 Å². The summed E-state index contributed by atoms with van der Waals surface area (Å²) in [6.07, 6.45) is 0.977. The molecule has 0 spiro atoms. The van der Waals surface area contributed by atoms with Gasteiger partial charge in [-0.3, -0.25) is 4.79 Å². The van der Waals surface area contributed by atoms with Crippen molar-refractivity contribution in [2.75, 3.05) is 39.4 Å². The number of carbonyl (C=O) groups is 1. The summed E-state index contributed by atoms with van der Waals surface area (Å²) in [5.74, 6) is -0.00230. The number of nitrogens with zero attached hydrogens (tertiary/aromatic N) is 1. The van der Waals surface area contributed by atoms with Gasteiger partial charge in [0.05, 0.1) is 31.0 Å². The molecule has 0 unspecified atom stereocenters. The lowest BCUT2D eigenvalue weighted by Gasteiger charge is -2.23. The molecule has 0 aliphatic carbocycles. The molecule has 2 aromatic carbocycles. The predicted octanol–water partition coefficient (Wildman–Crippen LogP) is 2.80. The number of ether oxygens (including phenoxy) is 1. The van der Waals surface area contributed by atoms with E-state index in [0.717, 1.165) is 67.5 Å². The standard InChI is InChI=1S/C26H31N3O2/c1-20-9-11-23(12-10-20)29-21(2)24(19-25(29)22-7-4-3-5-8-22)26(30)27-13-6-14-28-15-17-31-18-16-28/h3-5,7-12,19H,6,13-18H2,1-2H3,(H,27,30)/p+1. The molecule has 31 heavy (non-hydrogen) atoms.